The summed E-state index contributed by atoms with van der Waals surface area (Å²) in [4.78, 5) is 15.8. The van der Waals surface area contributed by atoms with E-state index in [-0.39, 0.29) is 0 Å². The van der Waals surface area contributed by atoms with Crippen LogP contribution in [0.25, 0.3) is 21.9 Å². The van der Waals surface area contributed by atoms with Gasteiger partial charge in [-0.3, -0.25) is 0 Å². The molecule has 0 saturated heterocycles. The van der Waals surface area contributed by atoms with Crippen LogP contribution in [-0.4, -0.2) is 11.0 Å². The first-order valence-electron chi connectivity index (χ1n) is 11.2. The van der Waals surface area contributed by atoms with Crippen LogP contribution in [0.4, 0.5) is 22.0 Å². The van der Waals surface area contributed by atoms with Crippen molar-refractivity contribution in [3.8, 4) is 16.9 Å². The molecule has 1 aromatic heterocycles. The van der Waals surface area contributed by atoms with E-state index in [1.165, 1.54) is 0 Å². The van der Waals surface area contributed by atoms with E-state index < -0.39 is 6.03 Å². The maximum atomic E-state index is 11.2. The first-order valence-corrected chi connectivity index (χ1v) is 11.2. The molecule has 0 aliphatic heterocycles. The number of urea groups is 1. The fraction of sp³-hybridized carbons (Fsp3) is 0.0345. The van der Waals surface area contributed by atoms with Crippen molar-refractivity contribution in [1.29, 1.82) is 0 Å². The Kier molecular flexibility index (Phi) is 6.26. The van der Waals surface area contributed by atoms with E-state index in [9.17, 15) is 4.79 Å². The molecule has 0 unspecified atom stereocenters. The van der Waals surface area contributed by atoms with E-state index in [1.807, 2.05) is 66.7 Å². The Labute approximate surface area is 203 Å². The van der Waals surface area contributed by atoms with Crippen molar-refractivity contribution in [1.82, 2.24) is 4.98 Å². The maximum Gasteiger partial charge on any atom is 0.316 e. The van der Waals surface area contributed by atoms with Crippen LogP contribution in [0.3, 0.4) is 0 Å². The zero-order valence-electron chi connectivity index (χ0n) is 18.9. The Morgan fingerprint density at radius 3 is 2.46 bits per heavy atom. The molecule has 0 fully saturated rings. The van der Waals surface area contributed by atoms with Crippen LogP contribution < -0.4 is 21.1 Å². The molecule has 0 spiro atoms. The number of carbonyl (C=O) groups excluding carboxylic acids is 1. The van der Waals surface area contributed by atoms with Gasteiger partial charge in [-0.15, -0.1) is 0 Å². The molecule has 2 amide bonds. The number of hydrogen-bond acceptors (Lipinski definition) is 4. The third-order valence-electron chi connectivity index (χ3n) is 5.59. The standard InChI is InChI=1S/C29H24N4O2/c30-29(34)33-23-11-5-10-22(18-23)32-28-27-14-6-13-25(26(27)15-16-31-28)21-9-4-12-24(17-21)35-19-20-7-2-1-3-8-20/h1-18H,19H2,(H,31,32)(H3,30,33,34). The second kappa shape index (κ2) is 9.97. The van der Waals surface area contributed by atoms with Crippen LogP contribution in [0.2, 0.25) is 0 Å². The topological polar surface area (TPSA) is 89.3 Å². The summed E-state index contributed by atoms with van der Waals surface area (Å²) in [6, 6.07) is 33.1. The van der Waals surface area contributed by atoms with Gasteiger partial charge in [0.15, 0.2) is 0 Å². The average Bonchev–Trinajstić information content (AvgIpc) is 2.88. The molecule has 6 heteroatoms. The minimum Gasteiger partial charge on any atom is -0.489 e. The van der Waals surface area contributed by atoms with Crippen molar-refractivity contribution >= 4 is 34.0 Å². The summed E-state index contributed by atoms with van der Waals surface area (Å²) < 4.78 is 6.04. The van der Waals surface area contributed by atoms with Gasteiger partial charge in [-0.2, -0.15) is 0 Å². The second-order valence-electron chi connectivity index (χ2n) is 8.06. The number of amides is 2. The number of aromatic nitrogens is 1. The summed E-state index contributed by atoms with van der Waals surface area (Å²) in [5.74, 6) is 1.53. The molecule has 0 aliphatic carbocycles. The highest BCUT2D eigenvalue weighted by atomic mass is 16.5. The summed E-state index contributed by atoms with van der Waals surface area (Å²) in [7, 11) is 0. The normalized spacial score (nSPS) is 10.6. The van der Waals surface area contributed by atoms with Gasteiger partial charge in [-0.05, 0) is 58.5 Å². The number of nitrogens with one attached hydrogen (secondary N) is 2. The fourth-order valence-electron chi connectivity index (χ4n) is 4.01. The van der Waals surface area contributed by atoms with Crippen LogP contribution in [0.5, 0.6) is 5.75 Å². The van der Waals surface area contributed by atoms with Gasteiger partial charge in [0.05, 0.1) is 0 Å². The number of fused-ring (bicyclic) bond motifs is 1. The predicted octanol–water partition coefficient (Wildman–Crippen LogP) is 6.72. The Morgan fingerprint density at radius 1 is 0.800 bits per heavy atom. The lowest BCUT2D eigenvalue weighted by Crippen LogP contribution is -2.19. The third kappa shape index (κ3) is 5.23. The Bertz CT molecular complexity index is 1490. The minimum absolute atomic E-state index is 0.515. The molecular weight excluding hydrogens is 436 g/mol. The number of nitrogens with two attached hydrogens (primary N) is 1. The van der Waals surface area contributed by atoms with Gasteiger partial charge >= 0.3 is 6.03 Å². The van der Waals surface area contributed by atoms with Crippen molar-refractivity contribution in [2.24, 2.45) is 5.73 Å². The highest BCUT2D eigenvalue weighted by Crippen LogP contribution is 2.34. The maximum absolute atomic E-state index is 11.2. The molecule has 4 aromatic carbocycles. The minimum atomic E-state index is -0.606. The SMILES string of the molecule is NC(=O)Nc1cccc(Nc2nccc3c(-c4cccc(OCc5ccccc5)c4)cccc23)c1. The van der Waals surface area contributed by atoms with E-state index in [4.69, 9.17) is 10.5 Å². The zero-order chi connectivity index (χ0) is 24.0. The molecule has 0 saturated carbocycles. The van der Waals surface area contributed by atoms with Gasteiger partial charge in [-0.25, -0.2) is 9.78 Å². The van der Waals surface area contributed by atoms with Crippen molar-refractivity contribution in [2.45, 2.75) is 6.61 Å². The summed E-state index contributed by atoms with van der Waals surface area (Å²) >= 11 is 0. The quantitative estimate of drug-likeness (QED) is 0.252. The Morgan fingerprint density at radius 2 is 1.60 bits per heavy atom. The highest BCUT2D eigenvalue weighted by Gasteiger charge is 2.10. The van der Waals surface area contributed by atoms with E-state index in [0.717, 1.165) is 44.7 Å². The third-order valence-corrected chi connectivity index (χ3v) is 5.59. The van der Waals surface area contributed by atoms with Crippen LogP contribution in [0.1, 0.15) is 5.56 Å². The summed E-state index contributed by atoms with van der Waals surface area (Å²) in [6.45, 7) is 0.515. The van der Waals surface area contributed by atoms with Gasteiger partial charge in [0.1, 0.15) is 18.2 Å². The molecule has 0 radical (unpaired) electrons. The van der Waals surface area contributed by atoms with E-state index in [2.05, 4.69) is 45.9 Å². The van der Waals surface area contributed by atoms with Crippen molar-refractivity contribution in [3.05, 3.63) is 115 Å². The highest BCUT2D eigenvalue weighted by molar-refractivity contribution is 6.02. The van der Waals surface area contributed by atoms with Gasteiger partial charge in [0, 0.05) is 23.0 Å². The number of anilines is 3. The van der Waals surface area contributed by atoms with Crippen molar-refractivity contribution in [3.63, 3.8) is 0 Å². The van der Waals surface area contributed by atoms with E-state index in [0.29, 0.717) is 12.3 Å². The van der Waals surface area contributed by atoms with Crippen LogP contribution in [0, 0.1) is 0 Å². The molecule has 5 aromatic rings. The number of nitrogens with zero attached hydrogens (tertiary/aromatic N) is 1. The molecule has 6 nitrogen and oxygen atoms in total. The molecule has 0 atom stereocenters. The smallest absolute Gasteiger partial charge is 0.316 e. The number of primary amides is 1. The summed E-state index contributed by atoms with van der Waals surface area (Å²) in [6.07, 6.45) is 1.79. The Hall–Kier alpha value is -4.84. The molecule has 1 heterocycles. The number of pyridine rings is 1. The van der Waals surface area contributed by atoms with Gasteiger partial charge in [0.25, 0.3) is 0 Å². The molecule has 4 N–H and O–H groups in total. The van der Waals surface area contributed by atoms with Crippen LogP contribution in [0.15, 0.2) is 109 Å². The van der Waals surface area contributed by atoms with E-state index >= 15 is 0 Å². The summed E-state index contributed by atoms with van der Waals surface area (Å²) in [5.41, 5.74) is 9.91. The number of ether oxygens (including phenoxy) is 1. The molecule has 5 rings (SSSR count). The van der Waals surface area contributed by atoms with Gasteiger partial charge in [0.2, 0.25) is 0 Å². The second-order valence-corrected chi connectivity index (χ2v) is 8.06. The average molecular weight is 461 g/mol. The first kappa shape index (κ1) is 22.0. The first-order chi connectivity index (χ1) is 17.2. The van der Waals surface area contributed by atoms with Crippen molar-refractivity contribution < 1.29 is 9.53 Å². The van der Waals surface area contributed by atoms with Crippen molar-refractivity contribution in [2.75, 3.05) is 10.6 Å². The Balaban J connectivity index is 1.44. The molecular formula is C29H24N4O2. The number of hydrogen-bond donors (Lipinski definition) is 3. The largest absolute Gasteiger partial charge is 0.489 e. The number of benzene rings is 4. The van der Waals surface area contributed by atoms with E-state index in [1.54, 1.807) is 12.3 Å². The molecule has 0 bridgehead atoms. The lowest BCUT2D eigenvalue weighted by molar-refractivity contribution is 0.259. The lowest BCUT2D eigenvalue weighted by atomic mass is 9.99. The summed E-state index contributed by atoms with van der Waals surface area (Å²) in [5, 5.41) is 8.00. The lowest BCUT2D eigenvalue weighted by Gasteiger charge is -2.13. The zero-order valence-corrected chi connectivity index (χ0v) is 18.9. The van der Waals surface area contributed by atoms with Gasteiger partial charge < -0.3 is 21.1 Å². The molecule has 172 valence electrons. The predicted molar refractivity (Wildman–Crippen MR) is 141 cm³/mol. The number of carbonyl (C=O) groups is 1. The number of rotatable bonds is 7. The fourth-order valence-corrected chi connectivity index (χ4v) is 4.01. The van der Waals surface area contributed by atoms with Crippen LogP contribution >= 0.6 is 0 Å². The van der Waals surface area contributed by atoms with Gasteiger partial charge in [-0.1, -0.05) is 66.7 Å². The monoisotopic (exact) mass is 460 g/mol. The van der Waals surface area contributed by atoms with Crippen LogP contribution in [-0.2, 0) is 6.61 Å². The molecule has 0 aliphatic rings. The molecule has 35 heavy (non-hydrogen) atoms.